The molecule has 0 bridgehead atoms. The minimum Gasteiger partial charge on any atom is -0.394 e. The monoisotopic (exact) mass is 265 g/mol. The summed E-state index contributed by atoms with van der Waals surface area (Å²) in [6.07, 6.45) is -2.51. The summed E-state index contributed by atoms with van der Waals surface area (Å²) in [6, 6.07) is 0. The third kappa shape index (κ3) is 3.40. The Morgan fingerprint density at radius 1 is 1.53 bits per heavy atom. The van der Waals surface area contributed by atoms with Gasteiger partial charge in [-0.05, 0) is 0 Å². The molecule has 0 spiro atoms. The van der Waals surface area contributed by atoms with Gasteiger partial charge in [0.25, 0.3) is 0 Å². The van der Waals surface area contributed by atoms with Gasteiger partial charge in [-0.2, -0.15) is 0 Å². The molecule has 1 saturated heterocycles. The Morgan fingerprint density at radius 3 is 2.71 bits per heavy atom. The van der Waals surface area contributed by atoms with Crippen molar-refractivity contribution in [3.8, 4) is 0 Å². The van der Waals surface area contributed by atoms with Crippen molar-refractivity contribution in [1.82, 2.24) is 4.90 Å². The van der Waals surface area contributed by atoms with Crippen LogP contribution >= 0.6 is 11.6 Å². The Kier molecular flexibility index (Phi) is 5.35. The summed E-state index contributed by atoms with van der Waals surface area (Å²) < 4.78 is 5.27. The van der Waals surface area contributed by atoms with E-state index in [2.05, 4.69) is 0 Å². The zero-order chi connectivity index (χ0) is 13.0. The molecule has 1 heterocycles. The number of aliphatic hydroxyl groups excluding tert-OH is 3. The molecular weight excluding hydrogens is 250 g/mol. The van der Waals surface area contributed by atoms with Crippen LogP contribution in [0.25, 0.3) is 0 Å². The second-order valence-electron chi connectivity index (χ2n) is 3.86. The van der Waals surface area contributed by atoms with E-state index in [4.69, 9.17) is 21.4 Å². The molecule has 1 aliphatic rings. The van der Waals surface area contributed by atoms with Crippen LogP contribution in [0.5, 0.6) is 0 Å². The lowest BCUT2D eigenvalue weighted by Crippen LogP contribution is -2.56. The number of ether oxygens (including phenoxy) is 1. The molecule has 0 saturated carbocycles. The Labute approximate surface area is 104 Å². The molecule has 0 aromatic heterocycles. The number of hydrogen-bond donors (Lipinski definition) is 3. The predicted octanol–water partition coefficient (Wildman–Crippen LogP) is -0.974. The minimum atomic E-state index is -1.01. The predicted molar refractivity (Wildman–Crippen MR) is 60.1 cm³/mol. The number of amides is 1. The number of rotatable bonds is 3. The molecule has 7 heteroatoms. The molecule has 0 aliphatic carbocycles. The van der Waals surface area contributed by atoms with E-state index >= 15 is 0 Å². The molecule has 3 N–H and O–H groups in total. The molecule has 6 nitrogen and oxygen atoms in total. The molecule has 1 rings (SSSR count). The largest absolute Gasteiger partial charge is 0.394 e. The number of aliphatic hydroxyl groups is 3. The molecule has 0 aromatic carbocycles. The summed E-state index contributed by atoms with van der Waals surface area (Å²) in [7, 11) is 1.44. The van der Waals surface area contributed by atoms with Gasteiger partial charge < -0.3 is 25.0 Å². The number of hydrogen-bond acceptors (Lipinski definition) is 5. The number of nitrogens with zero attached hydrogens (tertiary/aromatic N) is 1. The first kappa shape index (κ1) is 14.4. The maximum atomic E-state index is 11.5. The van der Waals surface area contributed by atoms with Gasteiger partial charge in [0.2, 0.25) is 5.91 Å². The maximum absolute atomic E-state index is 11.5. The van der Waals surface area contributed by atoms with E-state index in [1.165, 1.54) is 7.05 Å². The summed E-state index contributed by atoms with van der Waals surface area (Å²) in [5, 5.41) is 28.2. The van der Waals surface area contributed by atoms with Gasteiger partial charge in [0.05, 0.1) is 12.7 Å². The third-order valence-electron chi connectivity index (χ3n) is 2.67. The number of carbonyl (C=O) groups is 1. The molecule has 1 fully saturated rings. The van der Waals surface area contributed by atoms with Gasteiger partial charge in [-0.3, -0.25) is 4.79 Å². The highest BCUT2D eigenvalue weighted by Gasteiger charge is 2.38. The van der Waals surface area contributed by atoms with E-state index in [9.17, 15) is 15.0 Å². The fourth-order valence-electron chi connectivity index (χ4n) is 1.69. The van der Waals surface area contributed by atoms with Crippen molar-refractivity contribution in [2.24, 2.45) is 0 Å². The fourth-order valence-corrected chi connectivity index (χ4v) is 1.79. The Balaban J connectivity index is 2.72. The van der Waals surface area contributed by atoms with E-state index in [-0.39, 0.29) is 13.0 Å². The van der Waals surface area contributed by atoms with E-state index in [0.29, 0.717) is 0 Å². The van der Waals surface area contributed by atoms with Gasteiger partial charge in [0.1, 0.15) is 12.2 Å². The Hall–Kier alpha value is -0.660. The van der Waals surface area contributed by atoms with Crippen molar-refractivity contribution in [2.75, 3.05) is 13.7 Å². The standard InChI is InChI=1S/C10H16ClNO5/c1-12(9(16)2-3-11)10-7(15)4-6(14)8(5-13)17-10/h2-3,6-8,10,13-15H,4-5H2,1H3/b3-2-/t6-,7-,8-,10-/m1/s1. The van der Waals surface area contributed by atoms with Crippen LogP contribution in [0.3, 0.4) is 0 Å². The first-order chi connectivity index (χ1) is 8.01. The number of carbonyl (C=O) groups excluding carboxylic acids is 1. The van der Waals surface area contributed by atoms with Crippen LogP contribution in [0, 0.1) is 0 Å². The quantitative estimate of drug-likeness (QED) is 0.571. The Bertz CT molecular complexity index is 298. The van der Waals surface area contributed by atoms with Gasteiger partial charge in [0, 0.05) is 25.1 Å². The number of halogens is 1. The zero-order valence-corrected chi connectivity index (χ0v) is 10.1. The first-order valence-electron chi connectivity index (χ1n) is 5.17. The first-order valence-corrected chi connectivity index (χ1v) is 5.61. The number of likely N-dealkylation sites (N-methyl/N-ethyl adjacent to an activating group) is 1. The van der Waals surface area contributed by atoms with E-state index in [1.807, 2.05) is 0 Å². The molecule has 1 amide bonds. The van der Waals surface area contributed by atoms with Gasteiger partial charge in [-0.25, -0.2) is 0 Å². The van der Waals surface area contributed by atoms with Crippen LogP contribution in [-0.2, 0) is 9.53 Å². The summed E-state index contributed by atoms with van der Waals surface area (Å²) in [6.45, 7) is -0.377. The van der Waals surface area contributed by atoms with Crippen molar-refractivity contribution in [3.05, 3.63) is 11.6 Å². The average Bonchev–Trinajstić information content (AvgIpc) is 2.29. The summed E-state index contributed by atoms with van der Waals surface area (Å²) in [4.78, 5) is 12.7. The van der Waals surface area contributed by atoms with Gasteiger partial charge in [0.15, 0.2) is 6.23 Å². The Morgan fingerprint density at radius 2 is 2.18 bits per heavy atom. The van der Waals surface area contributed by atoms with Crippen LogP contribution in [0.15, 0.2) is 11.6 Å². The molecule has 0 radical (unpaired) electrons. The molecule has 4 atom stereocenters. The van der Waals surface area contributed by atoms with Crippen molar-refractivity contribution in [2.45, 2.75) is 31.0 Å². The van der Waals surface area contributed by atoms with Crippen molar-refractivity contribution in [1.29, 1.82) is 0 Å². The van der Waals surface area contributed by atoms with Crippen molar-refractivity contribution in [3.63, 3.8) is 0 Å². The molecule has 98 valence electrons. The second kappa shape index (κ2) is 6.32. The van der Waals surface area contributed by atoms with Crippen LogP contribution in [0.1, 0.15) is 6.42 Å². The molecular formula is C10H16ClNO5. The SMILES string of the molecule is CN(C(=O)/C=C\Cl)[C@@H]1O[C@H](CO)[C@H](O)C[C@H]1O. The lowest BCUT2D eigenvalue weighted by Gasteiger charge is -2.40. The minimum absolute atomic E-state index is 0.0398. The maximum Gasteiger partial charge on any atom is 0.249 e. The highest BCUT2D eigenvalue weighted by atomic mass is 35.5. The molecule has 17 heavy (non-hydrogen) atoms. The third-order valence-corrected chi connectivity index (χ3v) is 2.80. The van der Waals surface area contributed by atoms with Crippen molar-refractivity contribution >= 4 is 17.5 Å². The van der Waals surface area contributed by atoms with Crippen LogP contribution in [0.2, 0.25) is 0 Å². The molecule has 0 aromatic rings. The van der Waals surface area contributed by atoms with Gasteiger partial charge >= 0.3 is 0 Å². The van der Waals surface area contributed by atoms with Crippen LogP contribution in [0.4, 0.5) is 0 Å². The van der Waals surface area contributed by atoms with Crippen molar-refractivity contribution < 1.29 is 24.9 Å². The highest BCUT2D eigenvalue weighted by Crippen LogP contribution is 2.22. The smallest absolute Gasteiger partial charge is 0.249 e. The second-order valence-corrected chi connectivity index (χ2v) is 4.11. The summed E-state index contributed by atoms with van der Waals surface area (Å²) in [5.41, 5.74) is 1.06. The normalized spacial score (nSPS) is 33.9. The summed E-state index contributed by atoms with van der Waals surface area (Å²) >= 11 is 5.28. The zero-order valence-electron chi connectivity index (χ0n) is 9.36. The highest BCUT2D eigenvalue weighted by molar-refractivity contribution is 6.26. The van der Waals surface area contributed by atoms with E-state index in [1.54, 1.807) is 0 Å². The molecule has 0 unspecified atom stereocenters. The van der Waals surface area contributed by atoms with E-state index < -0.39 is 30.4 Å². The molecule has 1 aliphatic heterocycles. The summed E-state index contributed by atoms with van der Waals surface area (Å²) in [5.74, 6) is -0.433. The van der Waals surface area contributed by atoms with Crippen LogP contribution < -0.4 is 0 Å². The lowest BCUT2D eigenvalue weighted by atomic mass is 10.0. The fraction of sp³-hybridized carbons (Fsp3) is 0.700. The van der Waals surface area contributed by atoms with E-state index in [0.717, 1.165) is 16.5 Å². The van der Waals surface area contributed by atoms with Crippen LogP contribution in [-0.4, -0.2) is 64.3 Å². The topological polar surface area (TPSA) is 90.2 Å². The van der Waals surface area contributed by atoms with Gasteiger partial charge in [-0.1, -0.05) is 11.6 Å². The van der Waals surface area contributed by atoms with Gasteiger partial charge in [-0.15, -0.1) is 0 Å². The lowest BCUT2D eigenvalue weighted by molar-refractivity contribution is -0.220. The average molecular weight is 266 g/mol.